The van der Waals surface area contributed by atoms with E-state index < -0.39 is 23.2 Å². The summed E-state index contributed by atoms with van der Waals surface area (Å²) in [6.45, 7) is 5.95. The molecule has 0 fully saturated rings. The quantitative estimate of drug-likeness (QED) is 0.754. The Hall–Kier alpha value is -2.41. The summed E-state index contributed by atoms with van der Waals surface area (Å²) in [6.07, 6.45) is 3.13. The van der Waals surface area contributed by atoms with Crippen molar-refractivity contribution in [2.45, 2.75) is 45.7 Å². The van der Waals surface area contributed by atoms with Crippen LogP contribution in [0.15, 0.2) is 30.5 Å². The number of hydrogen-bond acceptors (Lipinski definition) is 3. The van der Waals surface area contributed by atoms with Crippen molar-refractivity contribution in [3.63, 3.8) is 0 Å². The van der Waals surface area contributed by atoms with Crippen LogP contribution in [-0.4, -0.2) is 27.1 Å². The van der Waals surface area contributed by atoms with Crippen LogP contribution in [0.1, 0.15) is 39.2 Å². The molecule has 0 saturated carbocycles. The van der Waals surface area contributed by atoms with Crippen molar-refractivity contribution in [3.8, 4) is 0 Å². The highest BCUT2D eigenvalue weighted by Crippen LogP contribution is 2.17. The number of carbonyl (C=O) groups excluding carboxylic acids is 2. The smallest absolute Gasteiger partial charge is 0.314 e. The van der Waals surface area contributed by atoms with Gasteiger partial charge in [0.25, 0.3) is 0 Å². The summed E-state index contributed by atoms with van der Waals surface area (Å²) < 4.78 is 15.0. The third-order valence-corrected chi connectivity index (χ3v) is 4.11. The molecule has 26 heavy (non-hydrogen) atoms. The van der Waals surface area contributed by atoms with E-state index in [4.69, 9.17) is 11.6 Å². The van der Waals surface area contributed by atoms with Gasteiger partial charge in [0, 0.05) is 11.6 Å². The van der Waals surface area contributed by atoms with E-state index in [-0.39, 0.29) is 11.6 Å². The summed E-state index contributed by atoms with van der Waals surface area (Å²) in [5, 5.41) is 9.37. The SMILES string of the molecule is CCCC(C)(C)NC(=O)C(=O)Nc1ccnn1Cc1ccc(Cl)c(F)c1. The largest absolute Gasteiger partial charge is 0.343 e. The first kappa shape index (κ1) is 19.9. The zero-order chi connectivity index (χ0) is 19.3. The lowest BCUT2D eigenvalue weighted by Gasteiger charge is -2.25. The molecule has 1 aromatic carbocycles. The fourth-order valence-corrected chi connectivity index (χ4v) is 2.72. The molecule has 2 rings (SSSR count). The molecule has 0 radical (unpaired) electrons. The lowest BCUT2D eigenvalue weighted by molar-refractivity contribution is -0.137. The maximum Gasteiger partial charge on any atom is 0.314 e. The minimum Gasteiger partial charge on any atom is -0.343 e. The van der Waals surface area contributed by atoms with E-state index in [1.165, 1.54) is 23.0 Å². The molecule has 8 heteroatoms. The Morgan fingerprint density at radius 3 is 2.65 bits per heavy atom. The third kappa shape index (κ3) is 5.29. The fraction of sp³-hybridized carbons (Fsp3) is 0.389. The highest BCUT2D eigenvalue weighted by atomic mass is 35.5. The number of carbonyl (C=O) groups is 2. The van der Waals surface area contributed by atoms with Crippen LogP contribution in [-0.2, 0) is 16.1 Å². The molecule has 0 unspecified atom stereocenters. The Kier molecular flexibility index (Phi) is 6.37. The van der Waals surface area contributed by atoms with Gasteiger partial charge in [-0.15, -0.1) is 0 Å². The molecule has 0 spiro atoms. The van der Waals surface area contributed by atoms with Gasteiger partial charge in [0.2, 0.25) is 0 Å². The lowest BCUT2D eigenvalue weighted by atomic mass is 9.99. The Morgan fingerprint density at radius 2 is 2.00 bits per heavy atom. The molecule has 0 aliphatic carbocycles. The monoisotopic (exact) mass is 380 g/mol. The van der Waals surface area contributed by atoms with Crippen molar-refractivity contribution in [2.24, 2.45) is 0 Å². The molecule has 140 valence electrons. The highest BCUT2D eigenvalue weighted by Gasteiger charge is 2.24. The molecule has 0 aliphatic rings. The standard InChI is InChI=1S/C18H22ClFN4O2/c1-4-8-18(2,3)23-17(26)16(25)22-15-7-9-21-24(15)11-12-5-6-13(19)14(20)10-12/h5-7,9-10H,4,8,11H2,1-3H3,(H,22,25)(H,23,26). The Balaban J connectivity index is 2.04. The second-order valence-corrected chi connectivity index (χ2v) is 7.07. The predicted octanol–water partition coefficient (Wildman–Crippen LogP) is 3.36. The van der Waals surface area contributed by atoms with E-state index in [1.807, 2.05) is 20.8 Å². The first-order valence-corrected chi connectivity index (χ1v) is 8.69. The minimum atomic E-state index is -0.779. The van der Waals surface area contributed by atoms with Crippen molar-refractivity contribution >= 4 is 29.2 Å². The van der Waals surface area contributed by atoms with Crippen LogP contribution in [0.5, 0.6) is 0 Å². The zero-order valence-electron chi connectivity index (χ0n) is 15.0. The Labute approximate surface area is 156 Å². The highest BCUT2D eigenvalue weighted by molar-refractivity contribution is 6.39. The van der Waals surface area contributed by atoms with Crippen molar-refractivity contribution in [1.82, 2.24) is 15.1 Å². The molecule has 2 aromatic rings. The number of rotatable bonds is 6. The van der Waals surface area contributed by atoms with Crippen LogP contribution in [0.4, 0.5) is 10.2 Å². The maximum atomic E-state index is 13.6. The first-order chi connectivity index (χ1) is 12.2. The molecule has 0 bridgehead atoms. The number of nitrogens with one attached hydrogen (secondary N) is 2. The molecular formula is C18H22ClFN4O2. The molecule has 2 N–H and O–H groups in total. The van der Waals surface area contributed by atoms with Crippen molar-refractivity contribution in [3.05, 3.63) is 46.9 Å². The van der Waals surface area contributed by atoms with E-state index in [1.54, 1.807) is 12.1 Å². The first-order valence-electron chi connectivity index (χ1n) is 8.31. The van der Waals surface area contributed by atoms with Gasteiger partial charge in [-0.25, -0.2) is 9.07 Å². The second-order valence-electron chi connectivity index (χ2n) is 6.66. The van der Waals surface area contributed by atoms with Gasteiger partial charge in [-0.1, -0.05) is 31.0 Å². The maximum absolute atomic E-state index is 13.6. The van der Waals surface area contributed by atoms with E-state index in [2.05, 4.69) is 15.7 Å². The van der Waals surface area contributed by atoms with Crippen LogP contribution in [0.3, 0.4) is 0 Å². The number of amides is 2. The zero-order valence-corrected chi connectivity index (χ0v) is 15.7. The van der Waals surface area contributed by atoms with Crippen molar-refractivity contribution in [1.29, 1.82) is 0 Å². The number of anilines is 1. The number of nitrogens with zero attached hydrogens (tertiary/aromatic N) is 2. The molecule has 1 aromatic heterocycles. The molecule has 0 aliphatic heterocycles. The number of benzene rings is 1. The van der Waals surface area contributed by atoms with Crippen LogP contribution < -0.4 is 10.6 Å². The average Bonchev–Trinajstić information content (AvgIpc) is 2.97. The Bertz CT molecular complexity index is 804. The van der Waals surface area contributed by atoms with Gasteiger partial charge < -0.3 is 10.6 Å². The van der Waals surface area contributed by atoms with Gasteiger partial charge in [-0.2, -0.15) is 5.10 Å². The summed E-state index contributed by atoms with van der Waals surface area (Å²) in [5.74, 6) is -1.68. The predicted molar refractivity (Wildman–Crippen MR) is 98.5 cm³/mol. The molecule has 0 saturated heterocycles. The van der Waals surface area contributed by atoms with Gasteiger partial charge in [0.1, 0.15) is 11.6 Å². The minimum absolute atomic E-state index is 0.0362. The molecule has 2 amide bonds. The molecule has 1 heterocycles. The van der Waals surface area contributed by atoms with Crippen LogP contribution in [0.25, 0.3) is 0 Å². The van der Waals surface area contributed by atoms with Crippen molar-refractivity contribution < 1.29 is 14.0 Å². The summed E-state index contributed by atoms with van der Waals surface area (Å²) in [6, 6.07) is 5.99. The number of aromatic nitrogens is 2. The molecule has 6 nitrogen and oxygen atoms in total. The van der Waals surface area contributed by atoms with E-state index >= 15 is 0 Å². The van der Waals surface area contributed by atoms with Gasteiger partial charge in [-0.3, -0.25) is 9.59 Å². The van der Waals surface area contributed by atoms with Gasteiger partial charge >= 0.3 is 11.8 Å². The van der Waals surface area contributed by atoms with Crippen molar-refractivity contribution in [2.75, 3.05) is 5.32 Å². The summed E-state index contributed by atoms with van der Waals surface area (Å²) in [4.78, 5) is 24.2. The van der Waals surface area contributed by atoms with Crippen LogP contribution >= 0.6 is 11.6 Å². The van der Waals surface area contributed by atoms with Gasteiger partial charge in [-0.05, 0) is 38.0 Å². The van der Waals surface area contributed by atoms with Gasteiger partial charge in [0.15, 0.2) is 0 Å². The summed E-state index contributed by atoms with van der Waals surface area (Å²) in [7, 11) is 0. The number of halogens is 2. The second kappa shape index (κ2) is 8.31. The third-order valence-electron chi connectivity index (χ3n) is 3.81. The molecule has 0 atom stereocenters. The normalized spacial score (nSPS) is 11.3. The lowest BCUT2D eigenvalue weighted by Crippen LogP contribution is -2.48. The Morgan fingerprint density at radius 1 is 1.27 bits per heavy atom. The van der Waals surface area contributed by atoms with Crippen LogP contribution in [0, 0.1) is 5.82 Å². The van der Waals surface area contributed by atoms with E-state index in [0.717, 1.165) is 12.8 Å². The van der Waals surface area contributed by atoms with E-state index in [0.29, 0.717) is 11.4 Å². The topological polar surface area (TPSA) is 76.0 Å². The molecular weight excluding hydrogens is 359 g/mol. The summed E-state index contributed by atoms with van der Waals surface area (Å²) in [5.41, 5.74) is 0.157. The average molecular weight is 381 g/mol. The summed E-state index contributed by atoms with van der Waals surface area (Å²) >= 11 is 5.67. The van der Waals surface area contributed by atoms with Crippen LogP contribution in [0.2, 0.25) is 5.02 Å². The fourth-order valence-electron chi connectivity index (χ4n) is 2.60. The van der Waals surface area contributed by atoms with E-state index in [9.17, 15) is 14.0 Å². The van der Waals surface area contributed by atoms with Gasteiger partial charge in [0.05, 0.1) is 17.8 Å². The number of hydrogen-bond donors (Lipinski definition) is 2.